The minimum atomic E-state index is -0.515. The molecule has 3 aromatic rings. The third-order valence-electron chi connectivity index (χ3n) is 4.52. The van der Waals surface area contributed by atoms with E-state index in [2.05, 4.69) is 10.3 Å². The van der Waals surface area contributed by atoms with Gasteiger partial charge in [0.2, 0.25) is 5.89 Å². The molecule has 1 amide bonds. The lowest BCUT2D eigenvalue weighted by Crippen LogP contribution is -2.38. The molecule has 0 bridgehead atoms. The van der Waals surface area contributed by atoms with Gasteiger partial charge < -0.3 is 14.5 Å². The molecule has 2 heterocycles. The molecule has 5 nitrogen and oxygen atoms in total. The second kappa shape index (κ2) is 7.45. The Kier molecular flexibility index (Phi) is 4.86. The summed E-state index contributed by atoms with van der Waals surface area (Å²) < 4.78 is 11.2. The lowest BCUT2D eigenvalue weighted by atomic mass is 10.1. The van der Waals surface area contributed by atoms with Crippen LogP contribution in [0.1, 0.15) is 16.8 Å². The third-order valence-corrected chi connectivity index (χ3v) is 4.76. The van der Waals surface area contributed by atoms with Crippen molar-refractivity contribution in [3.05, 3.63) is 70.6 Å². The molecule has 27 heavy (non-hydrogen) atoms. The zero-order valence-electron chi connectivity index (χ0n) is 14.9. The molecular formula is C21H19ClN2O3. The molecule has 1 aliphatic heterocycles. The first-order valence-corrected chi connectivity index (χ1v) is 9.20. The van der Waals surface area contributed by atoms with Gasteiger partial charge in [0, 0.05) is 30.0 Å². The lowest BCUT2D eigenvalue weighted by Gasteiger charge is -2.10. The Morgan fingerprint density at radius 2 is 2.07 bits per heavy atom. The molecule has 1 atom stereocenters. The topological polar surface area (TPSA) is 64.4 Å². The Hall–Kier alpha value is -2.79. The maximum absolute atomic E-state index is 12.3. The Labute approximate surface area is 162 Å². The highest BCUT2D eigenvalue weighted by Gasteiger charge is 2.28. The summed E-state index contributed by atoms with van der Waals surface area (Å²) in [5.41, 5.74) is 3.88. The number of aryl methyl sites for hydroxylation is 1. The van der Waals surface area contributed by atoms with Crippen molar-refractivity contribution in [1.29, 1.82) is 0 Å². The summed E-state index contributed by atoms with van der Waals surface area (Å²) in [6.07, 6.45) is 2.24. The van der Waals surface area contributed by atoms with Gasteiger partial charge in [-0.15, -0.1) is 0 Å². The Bertz CT molecular complexity index is 966. The highest BCUT2D eigenvalue weighted by molar-refractivity contribution is 6.30. The number of nitrogens with zero attached hydrogens (tertiary/aromatic N) is 1. The van der Waals surface area contributed by atoms with Crippen LogP contribution in [0.4, 0.5) is 0 Å². The number of aromatic nitrogens is 1. The number of nitrogens with one attached hydrogen (secondary N) is 1. The number of fused-ring (bicyclic) bond motifs is 1. The predicted molar refractivity (Wildman–Crippen MR) is 103 cm³/mol. The smallest absolute Gasteiger partial charge is 0.261 e. The minimum absolute atomic E-state index is 0.135. The van der Waals surface area contributed by atoms with E-state index < -0.39 is 6.10 Å². The molecule has 138 valence electrons. The van der Waals surface area contributed by atoms with Crippen LogP contribution in [0.15, 0.2) is 53.1 Å². The molecule has 1 aromatic heterocycles. The number of amides is 1. The van der Waals surface area contributed by atoms with Gasteiger partial charge in [-0.05, 0) is 42.8 Å². The van der Waals surface area contributed by atoms with Gasteiger partial charge in [-0.3, -0.25) is 4.79 Å². The standard InChI is InChI=1S/C21H19ClN2O3/c1-13-2-4-14(5-3-13)21-24-17(12-26-21)8-9-23-20(25)19-11-15-10-16(22)6-7-18(15)27-19/h2-7,10,12,19H,8-9,11H2,1H3,(H,23,25). The monoisotopic (exact) mass is 382 g/mol. The van der Waals surface area contributed by atoms with E-state index in [1.54, 1.807) is 18.4 Å². The fourth-order valence-corrected chi connectivity index (χ4v) is 3.24. The van der Waals surface area contributed by atoms with Crippen LogP contribution in [0, 0.1) is 6.92 Å². The molecule has 1 N–H and O–H groups in total. The van der Waals surface area contributed by atoms with Crippen LogP contribution >= 0.6 is 11.6 Å². The van der Waals surface area contributed by atoms with Crippen molar-refractivity contribution in [2.45, 2.75) is 25.9 Å². The molecule has 0 aliphatic carbocycles. The van der Waals surface area contributed by atoms with E-state index in [1.807, 2.05) is 37.3 Å². The second-order valence-electron chi connectivity index (χ2n) is 6.61. The summed E-state index contributed by atoms with van der Waals surface area (Å²) in [6, 6.07) is 13.4. The van der Waals surface area contributed by atoms with Crippen LogP contribution in [-0.2, 0) is 17.6 Å². The number of hydrogen-bond donors (Lipinski definition) is 1. The maximum atomic E-state index is 12.3. The fourth-order valence-electron chi connectivity index (χ4n) is 3.04. The summed E-state index contributed by atoms with van der Waals surface area (Å²) in [5.74, 6) is 1.17. The van der Waals surface area contributed by atoms with Crippen molar-refractivity contribution < 1.29 is 13.9 Å². The van der Waals surface area contributed by atoms with E-state index in [0.29, 0.717) is 30.3 Å². The fraction of sp³-hybridized carbons (Fsp3) is 0.238. The first kappa shape index (κ1) is 17.6. The normalized spacial score (nSPS) is 15.3. The molecule has 1 unspecified atom stereocenters. The Morgan fingerprint density at radius 1 is 1.26 bits per heavy atom. The molecule has 1 aliphatic rings. The number of benzene rings is 2. The summed E-state index contributed by atoms with van der Waals surface area (Å²) in [7, 11) is 0. The van der Waals surface area contributed by atoms with Crippen molar-refractivity contribution >= 4 is 17.5 Å². The van der Waals surface area contributed by atoms with E-state index >= 15 is 0 Å². The van der Waals surface area contributed by atoms with E-state index in [1.165, 1.54) is 5.56 Å². The Balaban J connectivity index is 1.29. The van der Waals surface area contributed by atoms with Gasteiger partial charge in [0.25, 0.3) is 5.91 Å². The maximum Gasteiger partial charge on any atom is 0.261 e. The molecular weight excluding hydrogens is 364 g/mol. The van der Waals surface area contributed by atoms with Gasteiger partial charge in [-0.2, -0.15) is 0 Å². The number of ether oxygens (including phenoxy) is 1. The van der Waals surface area contributed by atoms with Crippen LogP contribution in [0.5, 0.6) is 5.75 Å². The average Bonchev–Trinajstić information content (AvgIpc) is 3.29. The summed E-state index contributed by atoms with van der Waals surface area (Å²) in [5, 5.41) is 3.55. The number of rotatable bonds is 5. The molecule has 4 rings (SSSR count). The van der Waals surface area contributed by atoms with Crippen LogP contribution in [0.25, 0.3) is 11.5 Å². The predicted octanol–water partition coefficient (Wildman–Crippen LogP) is 3.97. The van der Waals surface area contributed by atoms with Crippen LogP contribution in [-0.4, -0.2) is 23.5 Å². The van der Waals surface area contributed by atoms with E-state index in [0.717, 1.165) is 22.6 Å². The van der Waals surface area contributed by atoms with Crippen LogP contribution in [0.3, 0.4) is 0 Å². The van der Waals surface area contributed by atoms with Crippen molar-refractivity contribution in [3.63, 3.8) is 0 Å². The number of hydrogen-bond acceptors (Lipinski definition) is 4. The SMILES string of the molecule is Cc1ccc(-c2nc(CCNC(=O)C3Cc4cc(Cl)ccc4O3)co2)cc1. The van der Waals surface area contributed by atoms with Gasteiger partial charge in [-0.1, -0.05) is 29.3 Å². The second-order valence-corrected chi connectivity index (χ2v) is 7.05. The van der Waals surface area contributed by atoms with Gasteiger partial charge in [0.15, 0.2) is 6.10 Å². The number of carbonyl (C=O) groups excluding carboxylic acids is 1. The van der Waals surface area contributed by atoms with Gasteiger partial charge >= 0.3 is 0 Å². The first-order valence-electron chi connectivity index (χ1n) is 8.83. The quantitative estimate of drug-likeness (QED) is 0.725. The van der Waals surface area contributed by atoms with Crippen molar-refractivity contribution in [2.75, 3.05) is 6.54 Å². The third kappa shape index (κ3) is 3.98. The average molecular weight is 383 g/mol. The largest absolute Gasteiger partial charge is 0.480 e. The highest BCUT2D eigenvalue weighted by Crippen LogP contribution is 2.31. The molecule has 0 saturated heterocycles. The first-order chi connectivity index (χ1) is 13.1. The minimum Gasteiger partial charge on any atom is -0.480 e. The van der Waals surface area contributed by atoms with Crippen LogP contribution < -0.4 is 10.1 Å². The summed E-state index contributed by atoms with van der Waals surface area (Å²) in [4.78, 5) is 16.8. The van der Waals surface area contributed by atoms with Gasteiger partial charge in [0.05, 0.1) is 5.69 Å². The van der Waals surface area contributed by atoms with E-state index in [4.69, 9.17) is 20.8 Å². The number of carbonyl (C=O) groups is 1. The van der Waals surface area contributed by atoms with Crippen molar-refractivity contribution in [1.82, 2.24) is 10.3 Å². The zero-order valence-corrected chi connectivity index (χ0v) is 15.6. The van der Waals surface area contributed by atoms with Crippen molar-refractivity contribution in [3.8, 4) is 17.2 Å². The van der Waals surface area contributed by atoms with Gasteiger partial charge in [-0.25, -0.2) is 4.98 Å². The van der Waals surface area contributed by atoms with Crippen LogP contribution in [0.2, 0.25) is 5.02 Å². The number of oxazole rings is 1. The lowest BCUT2D eigenvalue weighted by molar-refractivity contribution is -0.127. The van der Waals surface area contributed by atoms with E-state index in [-0.39, 0.29) is 5.91 Å². The molecule has 6 heteroatoms. The Morgan fingerprint density at radius 3 is 2.89 bits per heavy atom. The summed E-state index contributed by atoms with van der Waals surface area (Å²) in [6.45, 7) is 2.50. The number of halogens is 1. The van der Waals surface area contributed by atoms with Crippen molar-refractivity contribution in [2.24, 2.45) is 0 Å². The molecule has 0 saturated carbocycles. The summed E-state index contributed by atoms with van der Waals surface area (Å²) >= 11 is 5.98. The molecule has 0 spiro atoms. The zero-order chi connectivity index (χ0) is 18.8. The van der Waals surface area contributed by atoms with E-state index in [9.17, 15) is 4.79 Å². The molecule has 0 radical (unpaired) electrons. The highest BCUT2D eigenvalue weighted by atomic mass is 35.5. The van der Waals surface area contributed by atoms with Gasteiger partial charge in [0.1, 0.15) is 12.0 Å². The molecule has 2 aromatic carbocycles. The molecule has 0 fully saturated rings.